The minimum atomic E-state index is -2.17. The molecule has 0 aliphatic heterocycles. The van der Waals surface area contributed by atoms with Crippen LogP contribution in [-0.4, -0.2) is 17.7 Å². The highest BCUT2D eigenvalue weighted by molar-refractivity contribution is 6.14. The van der Waals surface area contributed by atoms with E-state index in [4.69, 9.17) is 5.26 Å². The topological polar surface area (TPSA) is 57.9 Å². The van der Waals surface area contributed by atoms with Gasteiger partial charge in [0.25, 0.3) is 0 Å². The number of rotatable bonds is 4. The first kappa shape index (κ1) is 12.1. The van der Waals surface area contributed by atoms with Gasteiger partial charge in [0, 0.05) is 12.0 Å². The third-order valence-corrected chi connectivity index (χ3v) is 2.17. The zero-order valence-corrected chi connectivity index (χ0v) is 8.74. The van der Waals surface area contributed by atoms with Crippen molar-refractivity contribution in [2.75, 3.05) is 0 Å². The van der Waals surface area contributed by atoms with Crippen LogP contribution >= 0.6 is 0 Å². The number of ketones is 2. The predicted molar refractivity (Wildman–Crippen MR) is 55.7 cm³/mol. The van der Waals surface area contributed by atoms with Crippen LogP contribution in [0.2, 0.25) is 0 Å². The average molecular weight is 219 g/mol. The Morgan fingerprint density at radius 1 is 1.44 bits per heavy atom. The van der Waals surface area contributed by atoms with Crippen LogP contribution in [0.3, 0.4) is 0 Å². The molecule has 1 aromatic carbocycles. The van der Waals surface area contributed by atoms with Crippen LogP contribution in [0, 0.1) is 11.3 Å². The highest BCUT2D eigenvalue weighted by atomic mass is 19.1. The number of hydrogen-bond donors (Lipinski definition) is 0. The Hall–Kier alpha value is -2.02. The molecule has 1 unspecified atom stereocenters. The van der Waals surface area contributed by atoms with E-state index in [9.17, 15) is 14.0 Å². The SMILES string of the molecule is CCC(=O)C(F)C(=O)c1ccccc1C#N. The van der Waals surface area contributed by atoms with E-state index in [-0.39, 0.29) is 17.5 Å². The summed E-state index contributed by atoms with van der Waals surface area (Å²) in [5.41, 5.74) is 0.0401. The van der Waals surface area contributed by atoms with Crippen LogP contribution in [-0.2, 0) is 4.79 Å². The molecule has 0 heterocycles. The zero-order chi connectivity index (χ0) is 12.1. The van der Waals surface area contributed by atoms with E-state index in [1.807, 2.05) is 0 Å². The third kappa shape index (κ3) is 2.31. The van der Waals surface area contributed by atoms with Gasteiger partial charge in [-0.25, -0.2) is 4.39 Å². The van der Waals surface area contributed by atoms with Crippen LogP contribution < -0.4 is 0 Å². The number of nitrogens with zero attached hydrogens (tertiary/aromatic N) is 1. The molecular weight excluding hydrogens is 209 g/mol. The van der Waals surface area contributed by atoms with Crippen molar-refractivity contribution in [3.63, 3.8) is 0 Å². The van der Waals surface area contributed by atoms with Gasteiger partial charge >= 0.3 is 0 Å². The van der Waals surface area contributed by atoms with Gasteiger partial charge in [0.1, 0.15) is 0 Å². The van der Waals surface area contributed by atoms with Gasteiger partial charge < -0.3 is 0 Å². The molecule has 0 spiro atoms. The first-order valence-electron chi connectivity index (χ1n) is 4.82. The van der Waals surface area contributed by atoms with Crippen molar-refractivity contribution in [2.24, 2.45) is 0 Å². The summed E-state index contributed by atoms with van der Waals surface area (Å²) in [6.07, 6.45) is -2.21. The summed E-state index contributed by atoms with van der Waals surface area (Å²) < 4.78 is 13.4. The van der Waals surface area contributed by atoms with Crippen LogP contribution in [0.15, 0.2) is 24.3 Å². The van der Waals surface area contributed by atoms with E-state index >= 15 is 0 Å². The van der Waals surface area contributed by atoms with E-state index in [0.29, 0.717) is 0 Å². The lowest BCUT2D eigenvalue weighted by Crippen LogP contribution is -2.25. The van der Waals surface area contributed by atoms with E-state index in [2.05, 4.69) is 0 Å². The Balaban J connectivity index is 3.06. The normalized spacial score (nSPS) is 11.6. The highest BCUT2D eigenvalue weighted by Crippen LogP contribution is 2.13. The molecule has 82 valence electrons. The van der Waals surface area contributed by atoms with Crippen molar-refractivity contribution in [3.8, 4) is 6.07 Å². The summed E-state index contributed by atoms with van der Waals surface area (Å²) in [5, 5.41) is 8.74. The monoisotopic (exact) mass is 219 g/mol. The number of Topliss-reactive ketones (excluding diaryl/α,β-unsaturated/α-hetero) is 2. The molecule has 16 heavy (non-hydrogen) atoms. The van der Waals surface area contributed by atoms with Gasteiger partial charge in [-0.2, -0.15) is 5.26 Å². The zero-order valence-electron chi connectivity index (χ0n) is 8.74. The Kier molecular flexibility index (Phi) is 3.90. The fraction of sp³-hybridized carbons (Fsp3) is 0.250. The van der Waals surface area contributed by atoms with E-state index in [1.165, 1.54) is 25.1 Å². The van der Waals surface area contributed by atoms with Crippen LogP contribution in [0.4, 0.5) is 4.39 Å². The maximum Gasteiger partial charge on any atom is 0.220 e. The number of carbonyl (C=O) groups is 2. The second-order valence-corrected chi connectivity index (χ2v) is 3.20. The number of alkyl halides is 1. The minimum Gasteiger partial charge on any atom is -0.296 e. The van der Waals surface area contributed by atoms with Crippen molar-refractivity contribution in [3.05, 3.63) is 35.4 Å². The summed E-state index contributed by atoms with van der Waals surface area (Å²) in [5.74, 6) is -1.71. The maximum atomic E-state index is 13.4. The molecule has 3 nitrogen and oxygen atoms in total. The molecule has 0 aromatic heterocycles. The number of carbonyl (C=O) groups excluding carboxylic acids is 2. The Morgan fingerprint density at radius 2 is 2.06 bits per heavy atom. The van der Waals surface area contributed by atoms with Gasteiger partial charge in [-0.15, -0.1) is 0 Å². The maximum absolute atomic E-state index is 13.4. The smallest absolute Gasteiger partial charge is 0.220 e. The molecule has 0 saturated heterocycles. The summed E-state index contributed by atoms with van der Waals surface area (Å²) in [7, 11) is 0. The molecule has 1 aromatic rings. The van der Waals surface area contributed by atoms with Gasteiger partial charge in [0.15, 0.2) is 5.78 Å². The quantitative estimate of drug-likeness (QED) is 0.575. The second-order valence-electron chi connectivity index (χ2n) is 3.20. The van der Waals surface area contributed by atoms with Crippen molar-refractivity contribution < 1.29 is 14.0 Å². The molecule has 0 radical (unpaired) electrons. The van der Waals surface area contributed by atoms with Gasteiger partial charge in [-0.05, 0) is 12.1 Å². The van der Waals surface area contributed by atoms with Gasteiger partial charge in [0.05, 0.1) is 11.6 Å². The second kappa shape index (κ2) is 5.17. The summed E-state index contributed by atoms with van der Waals surface area (Å²) in [4.78, 5) is 22.6. The van der Waals surface area contributed by atoms with Crippen LogP contribution in [0.25, 0.3) is 0 Å². The number of hydrogen-bond acceptors (Lipinski definition) is 3. The standard InChI is InChI=1S/C12H10FNO2/c1-2-10(15)11(13)12(16)9-6-4-3-5-8(9)7-14/h3-6,11H,2H2,1H3. The van der Waals surface area contributed by atoms with Crippen LogP contribution in [0.1, 0.15) is 29.3 Å². The lowest BCUT2D eigenvalue weighted by atomic mass is 9.99. The van der Waals surface area contributed by atoms with E-state index in [0.717, 1.165) is 0 Å². The molecule has 0 aliphatic carbocycles. The molecule has 0 saturated carbocycles. The fourth-order valence-corrected chi connectivity index (χ4v) is 1.26. The molecule has 0 N–H and O–H groups in total. The average Bonchev–Trinajstić information content (AvgIpc) is 2.35. The number of nitriles is 1. The third-order valence-electron chi connectivity index (χ3n) is 2.17. The lowest BCUT2D eigenvalue weighted by Gasteiger charge is -2.06. The lowest BCUT2D eigenvalue weighted by molar-refractivity contribution is -0.121. The number of benzene rings is 1. The first-order chi connectivity index (χ1) is 7.61. The first-order valence-corrected chi connectivity index (χ1v) is 4.82. The van der Waals surface area contributed by atoms with Crippen molar-refractivity contribution in [1.82, 2.24) is 0 Å². The Morgan fingerprint density at radius 3 is 2.62 bits per heavy atom. The van der Waals surface area contributed by atoms with Crippen molar-refractivity contribution in [1.29, 1.82) is 5.26 Å². The van der Waals surface area contributed by atoms with Crippen LogP contribution in [0.5, 0.6) is 0 Å². The van der Waals surface area contributed by atoms with Gasteiger partial charge in [-0.3, -0.25) is 9.59 Å². The summed E-state index contributed by atoms with van der Waals surface area (Å²) in [6.45, 7) is 1.48. The van der Waals surface area contributed by atoms with E-state index < -0.39 is 17.7 Å². The van der Waals surface area contributed by atoms with Crippen molar-refractivity contribution in [2.45, 2.75) is 19.5 Å². The Bertz CT molecular complexity index is 462. The fourth-order valence-electron chi connectivity index (χ4n) is 1.26. The number of halogens is 1. The molecule has 4 heteroatoms. The minimum absolute atomic E-state index is 0.0401. The molecule has 0 bridgehead atoms. The summed E-state index contributed by atoms with van der Waals surface area (Å²) >= 11 is 0. The molecule has 0 amide bonds. The summed E-state index contributed by atoms with van der Waals surface area (Å²) in [6, 6.07) is 7.64. The largest absolute Gasteiger partial charge is 0.296 e. The molecule has 1 atom stereocenters. The van der Waals surface area contributed by atoms with Gasteiger partial charge in [0.2, 0.25) is 12.0 Å². The highest BCUT2D eigenvalue weighted by Gasteiger charge is 2.27. The Labute approximate surface area is 92.5 Å². The predicted octanol–water partition coefficient (Wildman–Crippen LogP) is 2.06. The molecule has 1 rings (SSSR count). The van der Waals surface area contributed by atoms with E-state index in [1.54, 1.807) is 12.1 Å². The molecule has 0 aliphatic rings. The van der Waals surface area contributed by atoms with Gasteiger partial charge in [-0.1, -0.05) is 19.1 Å². The van der Waals surface area contributed by atoms with Crippen molar-refractivity contribution >= 4 is 11.6 Å². The molecular formula is C12H10FNO2. The molecule has 0 fully saturated rings.